The standard InChI is InChI=1S/C18H20O2S/c1-3-11-21-13-17(19)15-9-10-18(20-2)16(12-15)14-7-5-4-6-8-14/h4-10,12H,3,11,13H2,1-2H3. The first kappa shape index (κ1) is 15.6. The van der Waals surface area contributed by atoms with Gasteiger partial charge in [0, 0.05) is 11.1 Å². The maximum Gasteiger partial charge on any atom is 0.172 e. The van der Waals surface area contributed by atoms with Crippen molar-refractivity contribution in [1.82, 2.24) is 0 Å². The van der Waals surface area contributed by atoms with Crippen LogP contribution in [0.2, 0.25) is 0 Å². The molecule has 0 unspecified atom stereocenters. The van der Waals surface area contributed by atoms with Gasteiger partial charge < -0.3 is 4.74 Å². The number of benzene rings is 2. The molecule has 0 heterocycles. The summed E-state index contributed by atoms with van der Waals surface area (Å²) in [6, 6.07) is 15.7. The molecule has 0 aliphatic heterocycles. The highest BCUT2D eigenvalue weighted by atomic mass is 32.2. The van der Waals surface area contributed by atoms with Crippen molar-refractivity contribution < 1.29 is 9.53 Å². The first-order valence-corrected chi connectivity index (χ1v) is 8.26. The second-order valence-corrected chi connectivity index (χ2v) is 5.86. The molecule has 0 amide bonds. The largest absolute Gasteiger partial charge is 0.496 e. The normalized spacial score (nSPS) is 10.4. The highest BCUT2D eigenvalue weighted by Gasteiger charge is 2.11. The van der Waals surface area contributed by atoms with Gasteiger partial charge in [0.1, 0.15) is 5.75 Å². The number of methoxy groups -OCH3 is 1. The minimum atomic E-state index is 0.174. The van der Waals surface area contributed by atoms with Crippen LogP contribution in [0, 0.1) is 0 Å². The number of rotatable bonds is 7. The van der Waals surface area contributed by atoms with E-state index in [0.29, 0.717) is 5.75 Å². The first-order chi connectivity index (χ1) is 10.3. The molecule has 2 nitrogen and oxygen atoms in total. The lowest BCUT2D eigenvalue weighted by Crippen LogP contribution is -2.03. The van der Waals surface area contributed by atoms with Crippen LogP contribution in [0.4, 0.5) is 0 Å². The minimum absolute atomic E-state index is 0.174. The fourth-order valence-electron chi connectivity index (χ4n) is 2.12. The summed E-state index contributed by atoms with van der Waals surface area (Å²) in [5.41, 5.74) is 2.77. The third-order valence-electron chi connectivity index (χ3n) is 3.19. The molecule has 0 aromatic heterocycles. The maximum absolute atomic E-state index is 12.2. The smallest absolute Gasteiger partial charge is 0.172 e. The summed E-state index contributed by atoms with van der Waals surface area (Å²) in [6.07, 6.45) is 1.09. The van der Waals surface area contributed by atoms with Crippen molar-refractivity contribution >= 4 is 17.5 Å². The first-order valence-electron chi connectivity index (χ1n) is 7.10. The molecule has 0 saturated heterocycles. The van der Waals surface area contributed by atoms with Crippen molar-refractivity contribution in [1.29, 1.82) is 0 Å². The van der Waals surface area contributed by atoms with Crippen molar-refractivity contribution in [2.45, 2.75) is 13.3 Å². The molecule has 0 fully saturated rings. The van der Waals surface area contributed by atoms with E-state index in [1.54, 1.807) is 18.9 Å². The van der Waals surface area contributed by atoms with Crippen LogP contribution in [0.3, 0.4) is 0 Å². The summed E-state index contributed by atoms with van der Waals surface area (Å²) in [5, 5.41) is 0. The Morgan fingerprint density at radius 2 is 1.90 bits per heavy atom. The SMILES string of the molecule is CCCSCC(=O)c1ccc(OC)c(-c2ccccc2)c1. The van der Waals surface area contributed by atoms with E-state index in [9.17, 15) is 4.79 Å². The average molecular weight is 300 g/mol. The molecular weight excluding hydrogens is 280 g/mol. The van der Waals surface area contributed by atoms with Gasteiger partial charge in [-0.3, -0.25) is 4.79 Å². The number of Topliss-reactive ketones (excluding diaryl/α,β-unsaturated/α-hetero) is 1. The third-order valence-corrected chi connectivity index (χ3v) is 4.35. The van der Waals surface area contributed by atoms with Gasteiger partial charge in [-0.15, -0.1) is 0 Å². The lowest BCUT2D eigenvalue weighted by atomic mass is 10.0. The van der Waals surface area contributed by atoms with Crippen molar-refractivity contribution in [3.05, 3.63) is 54.1 Å². The predicted octanol–water partition coefficient (Wildman–Crippen LogP) is 4.69. The van der Waals surface area contributed by atoms with Crippen LogP contribution >= 0.6 is 11.8 Å². The molecule has 0 radical (unpaired) electrons. The molecule has 0 aliphatic rings. The molecule has 21 heavy (non-hydrogen) atoms. The van der Waals surface area contributed by atoms with E-state index >= 15 is 0 Å². The van der Waals surface area contributed by atoms with E-state index in [4.69, 9.17) is 4.74 Å². The zero-order valence-electron chi connectivity index (χ0n) is 12.5. The Labute approximate surface area is 130 Å². The zero-order valence-corrected chi connectivity index (χ0v) is 13.3. The second kappa shape index (κ2) is 7.89. The molecule has 0 atom stereocenters. The number of ketones is 1. The molecule has 0 spiro atoms. The quantitative estimate of drug-likeness (QED) is 0.548. The van der Waals surface area contributed by atoms with Crippen molar-refractivity contribution in [2.75, 3.05) is 18.6 Å². The Morgan fingerprint density at radius 3 is 2.57 bits per heavy atom. The highest BCUT2D eigenvalue weighted by Crippen LogP contribution is 2.31. The minimum Gasteiger partial charge on any atom is -0.496 e. The van der Waals surface area contributed by atoms with E-state index in [2.05, 4.69) is 6.92 Å². The van der Waals surface area contributed by atoms with Gasteiger partial charge in [-0.1, -0.05) is 37.3 Å². The van der Waals surface area contributed by atoms with Crippen LogP contribution in [0.1, 0.15) is 23.7 Å². The van der Waals surface area contributed by atoms with Gasteiger partial charge >= 0.3 is 0 Å². The summed E-state index contributed by atoms with van der Waals surface area (Å²) in [4.78, 5) is 12.2. The van der Waals surface area contributed by atoms with E-state index in [1.165, 1.54) is 0 Å². The number of carbonyl (C=O) groups excluding carboxylic acids is 1. The van der Waals surface area contributed by atoms with E-state index < -0.39 is 0 Å². The Morgan fingerprint density at radius 1 is 1.14 bits per heavy atom. The molecule has 0 bridgehead atoms. The molecule has 0 saturated carbocycles. The number of carbonyl (C=O) groups is 1. The average Bonchev–Trinajstić information content (AvgIpc) is 2.55. The van der Waals surface area contributed by atoms with Gasteiger partial charge in [-0.05, 0) is 35.9 Å². The molecule has 0 N–H and O–H groups in total. The number of hydrogen-bond donors (Lipinski definition) is 0. The lowest BCUT2D eigenvalue weighted by molar-refractivity contribution is 0.102. The van der Waals surface area contributed by atoms with Crippen LogP contribution in [-0.4, -0.2) is 24.4 Å². The molecule has 0 aliphatic carbocycles. The summed E-state index contributed by atoms with van der Waals surface area (Å²) < 4.78 is 5.42. The molecule has 2 aromatic carbocycles. The van der Waals surface area contributed by atoms with Crippen LogP contribution < -0.4 is 4.74 Å². The second-order valence-electron chi connectivity index (χ2n) is 4.76. The number of thioether (sulfide) groups is 1. The maximum atomic E-state index is 12.2. The van der Waals surface area contributed by atoms with Crippen LogP contribution in [0.15, 0.2) is 48.5 Å². The third kappa shape index (κ3) is 4.11. The van der Waals surface area contributed by atoms with Crippen LogP contribution in [-0.2, 0) is 0 Å². The van der Waals surface area contributed by atoms with E-state index in [1.807, 2.05) is 48.5 Å². The Kier molecular flexibility index (Phi) is 5.88. The van der Waals surface area contributed by atoms with Gasteiger partial charge in [0.25, 0.3) is 0 Å². The Hall–Kier alpha value is -1.74. The van der Waals surface area contributed by atoms with Gasteiger partial charge in [0.2, 0.25) is 0 Å². The van der Waals surface area contributed by atoms with Gasteiger partial charge in [0.15, 0.2) is 5.78 Å². The lowest BCUT2D eigenvalue weighted by Gasteiger charge is -2.10. The van der Waals surface area contributed by atoms with Gasteiger partial charge in [0.05, 0.1) is 12.9 Å². The molecule has 3 heteroatoms. The van der Waals surface area contributed by atoms with Crippen molar-refractivity contribution in [2.24, 2.45) is 0 Å². The van der Waals surface area contributed by atoms with Gasteiger partial charge in [-0.2, -0.15) is 11.8 Å². The summed E-state index contributed by atoms with van der Waals surface area (Å²) in [5.74, 6) is 2.52. The molecule has 2 aromatic rings. The fraction of sp³-hybridized carbons (Fsp3) is 0.278. The summed E-state index contributed by atoms with van der Waals surface area (Å²) in [7, 11) is 1.65. The van der Waals surface area contributed by atoms with Crippen molar-refractivity contribution in [3.8, 4) is 16.9 Å². The topological polar surface area (TPSA) is 26.3 Å². The van der Waals surface area contributed by atoms with Crippen LogP contribution in [0.5, 0.6) is 5.75 Å². The molecule has 2 rings (SSSR count). The van der Waals surface area contributed by atoms with Crippen LogP contribution in [0.25, 0.3) is 11.1 Å². The fourth-order valence-corrected chi connectivity index (χ4v) is 2.90. The molecule has 110 valence electrons. The Bertz CT molecular complexity index is 593. The summed E-state index contributed by atoms with van der Waals surface area (Å²) in [6.45, 7) is 2.12. The Balaban J connectivity index is 2.28. The monoisotopic (exact) mass is 300 g/mol. The van der Waals surface area contributed by atoms with E-state index in [0.717, 1.165) is 34.6 Å². The molecular formula is C18H20O2S. The number of hydrogen-bond acceptors (Lipinski definition) is 3. The highest BCUT2D eigenvalue weighted by molar-refractivity contribution is 7.99. The predicted molar refractivity (Wildman–Crippen MR) is 90.4 cm³/mol. The zero-order chi connectivity index (χ0) is 15.1. The number of ether oxygens (including phenoxy) is 1. The van der Waals surface area contributed by atoms with Crippen molar-refractivity contribution in [3.63, 3.8) is 0 Å². The summed E-state index contributed by atoms with van der Waals surface area (Å²) >= 11 is 1.69. The van der Waals surface area contributed by atoms with Gasteiger partial charge in [-0.25, -0.2) is 0 Å². The van der Waals surface area contributed by atoms with E-state index in [-0.39, 0.29) is 5.78 Å².